The average Bonchev–Trinajstić information content (AvgIpc) is 2.48. The number of carbonyl (C=O) groups is 1. The zero-order valence-electron chi connectivity index (χ0n) is 12.9. The highest BCUT2D eigenvalue weighted by Gasteiger charge is 2.17. The molecular formula is C12H23N7O2. The van der Waals surface area contributed by atoms with E-state index in [0.29, 0.717) is 12.6 Å². The van der Waals surface area contributed by atoms with Crippen molar-refractivity contribution in [3.63, 3.8) is 0 Å². The number of carbonyl (C=O) groups excluding carboxylic acids is 1. The number of nitrogens with two attached hydrogens (primary N) is 1. The molecule has 118 valence electrons. The van der Waals surface area contributed by atoms with Crippen LogP contribution in [0.1, 0.15) is 27.7 Å². The van der Waals surface area contributed by atoms with Crippen LogP contribution in [0.25, 0.3) is 0 Å². The summed E-state index contributed by atoms with van der Waals surface area (Å²) in [4.78, 5) is 26.1. The Morgan fingerprint density at radius 2 is 1.86 bits per heavy atom. The molecule has 0 radical (unpaired) electrons. The summed E-state index contributed by atoms with van der Waals surface area (Å²) in [7, 11) is 0. The molecule has 0 amide bonds. The first-order chi connectivity index (χ1) is 10.0. The first kappa shape index (κ1) is 16.9. The van der Waals surface area contributed by atoms with Gasteiger partial charge in [0.15, 0.2) is 0 Å². The molecule has 4 N–H and O–H groups in total. The summed E-state index contributed by atoms with van der Waals surface area (Å²) in [5.74, 6) is 5.98. The lowest BCUT2D eigenvalue weighted by Gasteiger charge is -2.20. The molecular weight excluding hydrogens is 274 g/mol. The Labute approximate surface area is 124 Å². The maximum Gasteiger partial charge on any atom is 0.328 e. The van der Waals surface area contributed by atoms with Crippen LogP contribution in [0.3, 0.4) is 0 Å². The zero-order valence-corrected chi connectivity index (χ0v) is 12.9. The number of aromatic nitrogens is 3. The molecule has 1 unspecified atom stereocenters. The van der Waals surface area contributed by atoms with Gasteiger partial charge in [-0.05, 0) is 27.7 Å². The molecule has 0 aromatic carbocycles. The number of hydrogen-bond acceptors (Lipinski definition) is 9. The van der Waals surface area contributed by atoms with Crippen molar-refractivity contribution in [2.75, 3.05) is 35.3 Å². The lowest BCUT2D eigenvalue weighted by Crippen LogP contribution is -2.31. The molecule has 0 aliphatic heterocycles. The van der Waals surface area contributed by atoms with Crippen LogP contribution in [0.5, 0.6) is 0 Å². The van der Waals surface area contributed by atoms with Gasteiger partial charge >= 0.3 is 5.97 Å². The molecule has 1 heterocycles. The van der Waals surface area contributed by atoms with E-state index in [1.807, 2.05) is 18.7 Å². The van der Waals surface area contributed by atoms with Gasteiger partial charge in [-0.2, -0.15) is 15.0 Å². The smallest absolute Gasteiger partial charge is 0.328 e. The summed E-state index contributed by atoms with van der Waals surface area (Å²) in [6.45, 7) is 9.24. The number of hydrazine groups is 1. The molecule has 0 aliphatic rings. The van der Waals surface area contributed by atoms with Crippen molar-refractivity contribution in [3.05, 3.63) is 0 Å². The number of esters is 1. The molecule has 21 heavy (non-hydrogen) atoms. The first-order valence-corrected chi connectivity index (χ1v) is 6.96. The van der Waals surface area contributed by atoms with Crippen molar-refractivity contribution in [2.24, 2.45) is 5.84 Å². The lowest BCUT2D eigenvalue weighted by molar-refractivity contribution is -0.143. The van der Waals surface area contributed by atoms with E-state index in [0.717, 1.165) is 13.1 Å². The Kier molecular flexibility index (Phi) is 6.60. The fraction of sp³-hybridized carbons (Fsp3) is 0.667. The van der Waals surface area contributed by atoms with Crippen LogP contribution >= 0.6 is 0 Å². The highest BCUT2D eigenvalue weighted by molar-refractivity contribution is 5.78. The van der Waals surface area contributed by atoms with Crippen LogP contribution in [0.2, 0.25) is 0 Å². The van der Waals surface area contributed by atoms with E-state index >= 15 is 0 Å². The second-order valence-electron chi connectivity index (χ2n) is 4.22. The van der Waals surface area contributed by atoms with Crippen molar-refractivity contribution in [2.45, 2.75) is 33.7 Å². The number of nitrogen functional groups attached to an aromatic ring is 1. The summed E-state index contributed by atoms with van der Waals surface area (Å²) >= 11 is 0. The molecule has 0 fully saturated rings. The Bertz CT molecular complexity index is 465. The van der Waals surface area contributed by atoms with Crippen LogP contribution < -0.4 is 21.5 Å². The molecule has 1 aromatic heterocycles. The van der Waals surface area contributed by atoms with Crippen LogP contribution in [0, 0.1) is 0 Å². The highest BCUT2D eigenvalue weighted by Crippen LogP contribution is 2.13. The summed E-state index contributed by atoms with van der Waals surface area (Å²) in [6.07, 6.45) is 0. The van der Waals surface area contributed by atoms with E-state index in [2.05, 4.69) is 25.7 Å². The summed E-state index contributed by atoms with van der Waals surface area (Å²) < 4.78 is 4.93. The molecule has 1 atom stereocenters. The first-order valence-electron chi connectivity index (χ1n) is 6.96. The van der Waals surface area contributed by atoms with Crippen molar-refractivity contribution in [1.82, 2.24) is 15.0 Å². The number of rotatable bonds is 8. The number of ether oxygens (including phenoxy) is 1. The quantitative estimate of drug-likeness (QED) is 0.355. The third-order valence-corrected chi connectivity index (χ3v) is 2.78. The molecule has 1 rings (SSSR count). The maximum atomic E-state index is 11.6. The summed E-state index contributed by atoms with van der Waals surface area (Å²) in [6, 6.07) is -0.567. The van der Waals surface area contributed by atoms with Crippen molar-refractivity contribution in [1.29, 1.82) is 0 Å². The molecule has 9 heteroatoms. The van der Waals surface area contributed by atoms with Crippen molar-refractivity contribution < 1.29 is 9.53 Å². The molecule has 9 nitrogen and oxygen atoms in total. The molecule has 1 aromatic rings. The number of anilines is 3. The standard InChI is InChI=1S/C12H23N7O2/c1-5-19(6-2)12-16-10(15-11(17-12)18-13)14-8(4)9(20)21-7-3/h8H,5-7,13H2,1-4H3,(H2,14,15,16,17,18). The zero-order chi connectivity index (χ0) is 15.8. The number of nitrogens with zero attached hydrogens (tertiary/aromatic N) is 4. The van der Waals surface area contributed by atoms with E-state index in [1.54, 1.807) is 13.8 Å². The molecule has 0 saturated carbocycles. The van der Waals surface area contributed by atoms with Gasteiger partial charge < -0.3 is 15.0 Å². The summed E-state index contributed by atoms with van der Waals surface area (Å²) in [5.41, 5.74) is 2.39. The Balaban J connectivity index is 2.96. The Morgan fingerprint density at radius 3 is 2.38 bits per heavy atom. The molecule has 0 saturated heterocycles. The second kappa shape index (κ2) is 8.20. The van der Waals surface area contributed by atoms with Crippen molar-refractivity contribution >= 4 is 23.8 Å². The predicted molar refractivity (Wildman–Crippen MR) is 80.9 cm³/mol. The van der Waals surface area contributed by atoms with E-state index in [4.69, 9.17) is 10.6 Å². The SMILES string of the molecule is CCOC(=O)C(C)Nc1nc(NN)nc(N(CC)CC)n1. The predicted octanol–water partition coefficient (Wildman–Crippen LogP) is 0.367. The van der Waals surface area contributed by atoms with E-state index in [1.165, 1.54) is 0 Å². The third-order valence-electron chi connectivity index (χ3n) is 2.78. The minimum Gasteiger partial charge on any atom is -0.464 e. The van der Waals surface area contributed by atoms with E-state index in [9.17, 15) is 4.79 Å². The average molecular weight is 297 g/mol. The van der Waals surface area contributed by atoms with Gasteiger partial charge in [0.25, 0.3) is 0 Å². The van der Waals surface area contributed by atoms with Crippen LogP contribution in [0.15, 0.2) is 0 Å². The van der Waals surface area contributed by atoms with Crippen LogP contribution in [-0.2, 0) is 9.53 Å². The van der Waals surface area contributed by atoms with Gasteiger partial charge in [-0.25, -0.2) is 10.6 Å². The summed E-state index contributed by atoms with van der Waals surface area (Å²) in [5, 5.41) is 2.89. The number of nitrogens with one attached hydrogen (secondary N) is 2. The largest absolute Gasteiger partial charge is 0.464 e. The fourth-order valence-electron chi connectivity index (χ4n) is 1.66. The van der Waals surface area contributed by atoms with Gasteiger partial charge in [0, 0.05) is 13.1 Å². The Hall–Kier alpha value is -2.16. The molecule has 0 spiro atoms. The van der Waals surface area contributed by atoms with Gasteiger partial charge in [0.05, 0.1) is 6.61 Å². The minimum absolute atomic E-state index is 0.227. The molecule has 0 bridgehead atoms. The Morgan fingerprint density at radius 1 is 1.24 bits per heavy atom. The van der Waals surface area contributed by atoms with E-state index in [-0.39, 0.29) is 17.9 Å². The van der Waals surface area contributed by atoms with E-state index < -0.39 is 6.04 Å². The minimum atomic E-state index is -0.567. The number of hydrogen-bond donors (Lipinski definition) is 3. The van der Waals surface area contributed by atoms with Gasteiger partial charge in [-0.15, -0.1) is 0 Å². The maximum absolute atomic E-state index is 11.6. The second-order valence-corrected chi connectivity index (χ2v) is 4.22. The monoisotopic (exact) mass is 297 g/mol. The van der Waals surface area contributed by atoms with Gasteiger partial charge in [0.1, 0.15) is 6.04 Å². The van der Waals surface area contributed by atoms with Crippen molar-refractivity contribution in [3.8, 4) is 0 Å². The van der Waals surface area contributed by atoms with Crippen LogP contribution in [-0.4, -0.2) is 46.7 Å². The van der Waals surface area contributed by atoms with Gasteiger partial charge in [-0.1, -0.05) is 0 Å². The lowest BCUT2D eigenvalue weighted by atomic mass is 10.3. The third kappa shape index (κ3) is 4.71. The van der Waals surface area contributed by atoms with Gasteiger partial charge in [0.2, 0.25) is 17.8 Å². The topological polar surface area (TPSA) is 118 Å². The molecule has 0 aliphatic carbocycles. The normalized spacial score (nSPS) is 11.7. The van der Waals surface area contributed by atoms with Gasteiger partial charge in [-0.3, -0.25) is 5.43 Å². The van der Waals surface area contributed by atoms with Crippen LogP contribution in [0.4, 0.5) is 17.8 Å². The fourth-order valence-corrected chi connectivity index (χ4v) is 1.66. The highest BCUT2D eigenvalue weighted by atomic mass is 16.5.